The zero-order chi connectivity index (χ0) is 9.97. The SMILES string of the molecule is OC(C1=CCCC1)c1cccc(I)c1. The summed E-state index contributed by atoms with van der Waals surface area (Å²) in [5, 5.41) is 10.1. The summed E-state index contributed by atoms with van der Waals surface area (Å²) >= 11 is 2.27. The quantitative estimate of drug-likeness (QED) is 0.655. The van der Waals surface area contributed by atoms with Crippen molar-refractivity contribution in [1.29, 1.82) is 0 Å². The fraction of sp³-hybridized carbons (Fsp3) is 0.333. The minimum absolute atomic E-state index is 0.382. The molecule has 0 bridgehead atoms. The lowest BCUT2D eigenvalue weighted by Crippen LogP contribution is -1.99. The predicted molar refractivity (Wildman–Crippen MR) is 66.1 cm³/mol. The van der Waals surface area contributed by atoms with E-state index in [1.54, 1.807) is 0 Å². The third-order valence-electron chi connectivity index (χ3n) is 2.59. The van der Waals surface area contributed by atoms with Crippen LogP contribution in [0.5, 0.6) is 0 Å². The molecule has 1 aromatic carbocycles. The number of aliphatic hydroxyl groups is 1. The van der Waals surface area contributed by atoms with Crippen molar-refractivity contribution < 1.29 is 5.11 Å². The molecule has 1 aliphatic carbocycles. The van der Waals surface area contributed by atoms with Crippen LogP contribution in [-0.2, 0) is 0 Å². The summed E-state index contributed by atoms with van der Waals surface area (Å²) in [5.41, 5.74) is 2.21. The van der Waals surface area contributed by atoms with E-state index in [1.807, 2.05) is 24.3 Å². The van der Waals surface area contributed by atoms with E-state index in [2.05, 4.69) is 28.7 Å². The third kappa shape index (κ3) is 2.17. The van der Waals surface area contributed by atoms with Crippen LogP contribution in [0.15, 0.2) is 35.9 Å². The summed E-state index contributed by atoms with van der Waals surface area (Å²) < 4.78 is 1.18. The normalized spacial score (nSPS) is 18.0. The van der Waals surface area contributed by atoms with Gasteiger partial charge >= 0.3 is 0 Å². The molecule has 74 valence electrons. The second-order valence-corrected chi connectivity index (χ2v) is 4.87. The molecule has 0 spiro atoms. The van der Waals surface area contributed by atoms with Crippen LogP contribution < -0.4 is 0 Å². The van der Waals surface area contributed by atoms with E-state index < -0.39 is 0 Å². The van der Waals surface area contributed by atoms with Crippen LogP contribution in [-0.4, -0.2) is 5.11 Å². The Morgan fingerprint density at radius 2 is 2.21 bits per heavy atom. The summed E-state index contributed by atoms with van der Waals surface area (Å²) in [6.07, 6.45) is 5.15. The van der Waals surface area contributed by atoms with Crippen molar-refractivity contribution in [2.75, 3.05) is 0 Å². The molecule has 2 rings (SSSR count). The van der Waals surface area contributed by atoms with Crippen molar-refractivity contribution in [3.05, 3.63) is 45.0 Å². The van der Waals surface area contributed by atoms with Crippen LogP contribution in [0, 0.1) is 3.57 Å². The molecule has 1 N–H and O–H groups in total. The van der Waals surface area contributed by atoms with Gasteiger partial charge in [0.05, 0.1) is 0 Å². The van der Waals surface area contributed by atoms with E-state index in [4.69, 9.17) is 0 Å². The summed E-state index contributed by atoms with van der Waals surface area (Å²) in [6.45, 7) is 0. The van der Waals surface area contributed by atoms with Crippen LogP contribution >= 0.6 is 22.6 Å². The Morgan fingerprint density at radius 1 is 1.36 bits per heavy atom. The summed E-state index contributed by atoms with van der Waals surface area (Å²) in [4.78, 5) is 0. The first kappa shape index (κ1) is 10.2. The van der Waals surface area contributed by atoms with Crippen molar-refractivity contribution in [2.45, 2.75) is 25.4 Å². The van der Waals surface area contributed by atoms with E-state index >= 15 is 0 Å². The molecule has 0 saturated carbocycles. The van der Waals surface area contributed by atoms with E-state index in [0.29, 0.717) is 0 Å². The van der Waals surface area contributed by atoms with Crippen molar-refractivity contribution in [3.8, 4) is 0 Å². The first-order valence-corrected chi connectivity index (χ1v) is 5.98. The molecule has 1 aromatic rings. The molecule has 0 radical (unpaired) electrons. The Kier molecular flexibility index (Phi) is 3.23. The monoisotopic (exact) mass is 300 g/mol. The van der Waals surface area contributed by atoms with Gasteiger partial charge in [-0.2, -0.15) is 0 Å². The topological polar surface area (TPSA) is 20.2 Å². The smallest absolute Gasteiger partial charge is 0.100 e. The molecule has 0 saturated heterocycles. The Balaban J connectivity index is 2.22. The number of hydrogen-bond donors (Lipinski definition) is 1. The lowest BCUT2D eigenvalue weighted by Gasteiger charge is -2.12. The zero-order valence-electron chi connectivity index (χ0n) is 7.91. The Bertz CT molecular complexity index is 357. The molecule has 1 nitrogen and oxygen atoms in total. The van der Waals surface area contributed by atoms with Crippen LogP contribution in [0.1, 0.15) is 30.9 Å². The van der Waals surface area contributed by atoms with Gasteiger partial charge in [0.15, 0.2) is 0 Å². The van der Waals surface area contributed by atoms with Gasteiger partial charge in [-0.05, 0) is 65.1 Å². The highest BCUT2D eigenvalue weighted by molar-refractivity contribution is 14.1. The summed E-state index contributed by atoms with van der Waals surface area (Å²) in [5.74, 6) is 0. The third-order valence-corrected chi connectivity index (χ3v) is 3.26. The number of halogens is 1. The van der Waals surface area contributed by atoms with Crippen LogP contribution in [0.25, 0.3) is 0 Å². The lowest BCUT2D eigenvalue weighted by atomic mass is 10.0. The van der Waals surface area contributed by atoms with E-state index in [1.165, 1.54) is 15.6 Å². The first-order valence-electron chi connectivity index (χ1n) is 4.90. The van der Waals surface area contributed by atoms with Gasteiger partial charge in [-0.25, -0.2) is 0 Å². The molecule has 0 aromatic heterocycles. The van der Waals surface area contributed by atoms with Crippen molar-refractivity contribution >= 4 is 22.6 Å². The molecule has 0 fully saturated rings. The van der Waals surface area contributed by atoms with Crippen molar-refractivity contribution in [1.82, 2.24) is 0 Å². The molecule has 1 unspecified atom stereocenters. The number of aliphatic hydroxyl groups excluding tert-OH is 1. The highest BCUT2D eigenvalue weighted by atomic mass is 127. The Labute approximate surface area is 98.0 Å². The largest absolute Gasteiger partial charge is 0.384 e. The maximum Gasteiger partial charge on any atom is 0.100 e. The van der Waals surface area contributed by atoms with Gasteiger partial charge in [-0.1, -0.05) is 18.2 Å². The van der Waals surface area contributed by atoms with Crippen LogP contribution in [0.3, 0.4) is 0 Å². The van der Waals surface area contributed by atoms with Gasteiger partial charge < -0.3 is 5.11 Å². The van der Waals surface area contributed by atoms with Gasteiger partial charge in [0, 0.05) is 3.57 Å². The van der Waals surface area contributed by atoms with Crippen LogP contribution in [0.2, 0.25) is 0 Å². The minimum Gasteiger partial charge on any atom is -0.384 e. The number of benzene rings is 1. The van der Waals surface area contributed by atoms with Gasteiger partial charge in [0.25, 0.3) is 0 Å². The highest BCUT2D eigenvalue weighted by Gasteiger charge is 2.15. The van der Waals surface area contributed by atoms with E-state index in [9.17, 15) is 5.11 Å². The fourth-order valence-electron chi connectivity index (χ4n) is 1.83. The average Bonchev–Trinajstić information content (AvgIpc) is 2.69. The summed E-state index contributed by atoms with van der Waals surface area (Å²) in [7, 11) is 0. The van der Waals surface area contributed by atoms with Gasteiger partial charge in [-0.15, -0.1) is 0 Å². The lowest BCUT2D eigenvalue weighted by molar-refractivity contribution is 0.212. The van der Waals surface area contributed by atoms with E-state index in [-0.39, 0.29) is 6.10 Å². The number of allylic oxidation sites excluding steroid dienone is 1. The first-order chi connectivity index (χ1) is 6.77. The zero-order valence-corrected chi connectivity index (χ0v) is 10.1. The second kappa shape index (κ2) is 4.45. The summed E-state index contributed by atoms with van der Waals surface area (Å²) in [6, 6.07) is 8.08. The molecule has 1 atom stereocenters. The Morgan fingerprint density at radius 3 is 2.86 bits per heavy atom. The highest BCUT2D eigenvalue weighted by Crippen LogP contribution is 2.30. The fourth-order valence-corrected chi connectivity index (χ4v) is 2.40. The molecule has 0 aliphatic heterocycles. The number of rotatable bonds is 2. The molecule has 0 heterocycles. The van der Waals surface area contributed by atoms with E-state index in [0.717, 1.165) is 18.4 Å². The standard InChI is InChI=1S/C12H13IO/c13-11-7-3-6-10(8-11)12(14)9-4-1-2-5-9/h3-4,6-8,12,14H,1-2,5H2. The molecule has 2 heteroatoms. The number of hydrogen-bond acceptors (Lipinski definition) is 1. The molecular weight excluding hydrogens is 287 g/mol. The van der Waals surface area contributed by atoms with Gasteiger partial charge in [-0.3, -0.25) is 0 Å². The molecule has 1 aliphatic rings. The molecule has 0 amide bonds. The average molecular weight is 300 g/mol. The maximum atomic E-state index is 10.1. The minimum atomic E-state index is -0.382. The molecule has 14 heavy (non-hydrogen) atoms. The van der Waals surface area contributed by atoms with Crippen LogP contribution in [0.4, 0.5) is 0 Å². The molecular formula is C12H13IO. The predicted octanol–water partition coefficient (Wildman–Crippen LogP) is 3.43. The van der Waals surface area contributed by atoms with Gasteiger partial charge in [0.1, 0.15) is 6.10 Å². The van der Waals surface area contributed by atoms with Crippen molar-refractivity contribution in [2.24, 2.45) is 0 Å². The van der Waals surface area contributed by atoms with Gasteiger partial charge in [0.2, 0.25) is 0 Å². The maximum absolute atomic E-state index is 10.1. The second-order valence-electron chi connectivity index (χ2n) is 3.63. The van der Waals surface area contributed by atoms with Crippen molar-refractivity contribution in [3.63, 3.8) is 0 Å². The Hall–Kier alpha value is -0.350.